The molecule has 5 heteroatoms. The Morgan fingerprint density at radius 2 is 1.84 bits per heavy atom. The Morgan fingerprint density at radius 1 is 1.21 bits per heavy atom. The number of hydrogen-bond donors (Lipinski definition) is 1. The Balaban J connectivity index is 1.91. The fourth-order valence-electron chi connectivity index (χ4n) is 1.94. The first-order valence-corrected chi connectivity index (χ1v) is 6.41. The number of rotatable bonds is 3. The molecule has 0 aromatic heterocycles. The molecule has 0 spiro atoms. The molecule has 0 aliphatic carbocycles. The molecular formula is C14H19N2O3+. The SMILES string of the molecule is COc1ccc(C(=O)ON=C2CC[NH+](C)CC2)cc1. The van der Waals surface area contributed by atoms with E-state index >= 15 is 0 Å². The third kappa shape index (κ3) is 3.79. The molecule has 0 bridgehead atoms. The Bertz CT molecular complexity index is 458. The van der Waals surface area contributed by atoms with E-state index in [0.717, 1.165) is 31.6 Å². The zero-order chi connectivity index (χ0) is 13.7. The van der Waals surface area contributed by atoms with Crippen molar-refractivity contribution in [3.63, 3.8) is 0 Å². The summed E-state index contributed by atoms with van der Waals surface area (Å²) in [6.45, 7) is 2.08. The normalized spacial score (nSPS) is 18.8. The zero-order valence-corrected chi connectivity index (χ0v) is 11.3. The Kier molecular flexibility index (Phi) is 4.52. The number of carbonyl (C=O) groups excluding carboxylic acids is 1. The van der Waals surface area contributed by atoms with Gasteiger partial charge in [-0.2, -0.15) is 0 Å². The van der Waals surface area contributed by atoms with Gasteiger partial charge >= 0.3 is 5.97 Å². The van der Waals surface area contributed by atoms with Crippen molar-refractivity contribution in [3.8, 4) is 5.75 Å². The second-order valence-electron chi connectivity index (χ2n) is 4.72. The highest BCUT2D eigenvalue weighted by molar-refractivity contribution is 5.91. The number of quaternary nitrogens is 1. The van der Waals surface area contributed by atoms with E-state index in [2.05, 4.69) is 12.2 Å². The number of ether oxygens (including phenoxy) is 1. The molecule has 0 amide bonds. The maximum atomic E-state index is 11.8. The molecule has 1 aliphatic heterocycles. The largest absolute Gasteiger partial charge is 0.497 e. The van der Waals surface area contributed by atoms with Crippen LogP contribution >= 0.6 is 0 Å². The summed E-state index contributed by atoms with van der Waals surface area (Å²) in [5.74, 6) is 0.280. The van der Waals surface area contributed by atoms with E-state index in [4.69, 9.17) is 9.57 Å². The first-order chi connectivity index (χ1) is 9.19. The topological polar surface area (TPSA) is 52.3 Å². The molecule has 0 saturated carbocycles. The van der Waals surface area contributed by atoms with Gasteiger partial charge in [0.25, 0.3) is 0 Å². The number of hydrogen-bond acceptors (Lipinski definition) is 4. The summed E-state index contributed by atoms with van der Waals surface area (Å²) < 4.78 is 5.03. The zero-order valence-electron chi connectivity index (χ0n) is 11.3. The van der Waals surface area contributed by atoms with Crippen molar-refractivity contribution in [2.75, 3.05) is 27.2 Å². The maximum absolute atomic E-state index is 11.8. The van der Waals surface area contributed by atoms with Crippen LogP contribution in [0.2, 0.25) is 0 Å². The van der Waals surface area contributed by atoms with Crippen LogP contribution in [0.4, 0.5) is 0 Å². The lowest BCUT2D eigenvalue weighted by molar-refractivity contribution is -0.880. The highest BCUT2D eigenvalue weighted by Gasteiger charge is 2.15. The van der Waals surface area contributed by atoms with Gasteiger partial charge in [-0.15, -0.1) is 0 Å². The van der Waals surface area contributed by atoms with Gasteiger partial charge in [-0.05, 0) is 24.3 Å². The number of benzene rings is 1. The van der Waals surface area contributed by atoms with E-state index < -0.39 is 5.97 Å². The van der Waals surface area contributed by atoms with Crippen molar-refractivity contribution in [1.82, 2.24) is 0 Å². The van der Waals surface area contributed by atoms with E-state index in [0.29, 0.717) is 11.3 Å². The van der Waals surface area contributed by atoms with Crippen molar-refractivity contribution in [1.29, 1.82) is 0 Å². The molecule has 1 aliphatic rings. The third-order valence-corrected chi connectivity index (χ3v) is 3.26. The maximum Gasteiger partial charge on any atom is 0.365 e. The predicted octanol–water partition coefficient (Wildman–Crippen LogP) is 0.516. The first-order valence-electron chi connectivity index (χ1n) is 6.41. The van der Waals surface area contributed by atoms with Gasteiger partial charge in [0, 0.05) is 12.8 Å². The summed E-state index contributed by atoms with van der Waals surface area (Å²) >= 11 is 0. The number of methoxy groups -OCH3 is 1. The Hall–Kier alpha value is -1.88. The molecule has 1 N–H and O–H groups in total. The number of piperidine rings is 1. The summed E-state index contributed by atoms with van der Waals surface area (Å²) in [6, 6.07) is 6.78. The number of carbonyl (C=O) groups is 1. The highest BCUT2D eigenvalue weighted by atomic mass is 16.7. The minimum atomic E-state index is -0.429. The number of nitrogens with one attached hydrogen (secondary N) is 1. The van der Waals surface area contributed by atoms with Gasteiger partial charge in [-0.1, -0.05) is 5.16 Å². The van der Waals surface area contributed by atoms with Crippen molar-refractivity contribution in [2.24, 2.45) is 5.16 Å². The van der Waals surface area contributed by atoms with Crippen molar-refractivity contribution in [2.45, 2.75) is 12.8 Å². The Morgan fingerprint density at radius 3 is 2.42 bits per heavy atom. The minimum absolute atomic E-state index is 0.429. The number of oxime groups is 1. The average molecular weight is 263 g/mol. The van der Waals surface area contributed by atoms with Crippen LogP contribution in [0, 0.1) is 0 Å². The molecule has 19 heavy (non-hydrogen) atoms. The summed E-state index contributed by atoms with van der Waals surface area (Å²) in [7, 11) is 3.74. The monoisotopic (exact) mass is 263 g/mol. The van der Waals surface area contributed by atoms with E-state index in [1.165, 1.54) is 4.90 Å². The van der Waals surface area contributed by atoms with Gasteiger partial charge in [0.15, 0.2) is 0 Å². The first kappa shape index (κ1) is 13.5. The summed E-state index contributed by atoms with van der Waals surface area (Å²) in [4.78, 5) is 18.2. The van der Waals surface area contributed by atoms with Gasteiger partial charge < -0.3 is 14.5 Å². The standard InChI is InChI=1S/C14H18N2O3/c1-16-9-7-12(8-10-16)15-19-14(17)11-3-5-13(18-2)6-4-11/h3-6H,7-10H2,1-2H3/p+1. The summed E-state index contributed by atoms with van der Waals surface area (Å²) in [6.07, 6.45) is 1.78. The van der Waals surface area contributed by atoms with Gasteiger partial charge in [0.05, 0.1) is 38.5 Å². The molecule has 2 rings (SSSR count). The van der Waals surface area contributed by atoms with Crippen LogP contribution in [0.25, 0.3) is 0 Å². The predicted molar refractivity (Wildman–Crippen MR) is 71.7 cm³/mol. The smallest absolute Gasteiger partial charge is 0.365 e. The van der Waals surface area contributed by atoms with Crippen molar-refractivity contribution < 1.29 is 19.3 Å². The van der Waals surface area contributed by atoms with E-state index in [1.807, 2.05) is 0 Å². The quantitative estimate of drug-likeness (QED) is 0.639. The molecule has 0 radical (unpaired) electrons. The van der Waals surface area contributed by atoms with Crippen LogP contribution in [0.5, 0.6) is 5.75 Å². The van der Waals surface area contributed by atoms with Gasteiger partial charge in [0.2, 0.25) is 0 Å². The summed E-state index contributed by atoms with van der Waals surface area (Å²) in [5, 5.41) is 3.96. The number of nitrogens with zero attached hydrogens (tertiary/aromatic N) is 1. The molecule has 5 nitrogen and oxygen atoms in total. The third-order valence-electron chi connectivity index (χ3n) is 3.26. The second-order valence-corrected chi connectivity index (χ2v) is 4.72. The molecule has 102 valence electrons. The van der Waals surface area contributed by atoms with Crippen LogP contribution in [0.15, 0.2) is 29.4 Å². The Labute approximate surface area is 112 Å². The van der Waals surface area contributed by atoms with Crippen molar-refractivity contribution in [3.05, 3.63) is 29.8 Å². The summed E-state index contributed by atoms with van der Waals surface area (Å²) in [5.41, 5.74) is 1.44. The minimum Gasteiger partial charge on any atom is -0.497 e. The van der Waals surface area contributed by atoms with Crippen LogP contribution in [0.1, 0.15) is 23.2 Å². The van der Waals surface area contributed by atoms with Crippen LogP contribution in [-0.4, -0.2) is 38.9 Å². The lowest BCUT2D eigenvalue weighted by Gasteiger charge is -2.19. The van der Waals surface area contributed by atoms with Crippen LogP contribution in [0.3, 0.4) is 0 Å². The number of likely N-dealkylation sites (tertiary alicyclic amines) is 1. The van der Waals surface area contributed by atoms with Crippen LogP contribution < -0.4 is 9.64 Å². The van der Waals surface area contributed by atoms with Crippen molar-refractivity contribution >= 4 is 11.7 Å². The fourth-order valence-corrected chi connectivity index (χ4v) is 1.94. The lowest BCUT2D eigenvalue weighted by Crippen LogP contribution is -3.10. The van der Waals surface area contributed by atoms with Gasteiger partial charge in [0.1, 0.15) is 5.75 Å². The molecule has 1 aromatic carbocycles. The second kappa shape index (κ2) is 6.33. The van der Waals surface area contributed by atoms with Crippen LogP contribution in [-0.2, 0) is 4.84 Å². The van der Waals surface area contributed by atoms with Gasteiger partial charge in [-0.25, -0.2) is 4.79 Å². The fraction of sp³-hybridized carbons (Fsp3) is 0.429. The molecule has 1 heterocycles. The molecule has 1 aromatic rings. The highest BCUT2D eigenvalue weighted by Crippen LogP contribution is 2.12. The molecule has 1 fully saturated rings. The van der Waals surface area contributed by atoms with E-state index in [1.54, 1.807) is 31.4 Å². The molecule has 0 atom stereocenters. The average Bonchev–Trinajstić information content (AvgIpc) is 2.46. The van der Waals surface area contributed by atoms with Gasteiger partial charge in [-0.3, -0.25) is 0 Å². The van der Waals surface area contributed by atoms with E-state index in [9.17, 15) is 4.79 Å². The molecule has 0 unspecified atom stereocenters. The lowest BCUT2D eigenvalue weighted by atomic mass is 10.1. The molecular weight excluding hydrogens is 244 g/mol. The molecule has 1 saturated heterocycles. The van der Waals surface area contributed by atoms with E-state index in [-0.39, 0.29) is 0 Å².